The average Bonchev–Trinajstić information content (AvgIpc) is 2.70. The van der Waals surface area contributed by atoms with Crippen LogP contribution in [0.4, 0.5) is 0 Å². The fourth-order valence-electron chi connectivity index (χ4n) is 4.20. The number of amides is 1. The highest BCUT2D eigenvalue weighted by Crippen LogP contribution is 2.23. The number of ether oxygens (including phenoxy) is 1. The van der Waals surface area contributed by atoms with E-state index in [9.17, 15) is 14.4 Å². The molecule has 0 radical (unpaired) electrons. The summed E-state index contributed by atoms with van der Waals surface area (Å²) in [6, 6.07) is -0.402. The van der Waals surface area contributed by atoms with Gasteiger partial charge in [0.1, 0.15) is 0 Å². The summed E-state index contributed by atoms with van der Waals surface area (Å²) in [6.45, 7) is 17.0. The van der Waals surface area contributed by atoms with Crippen molar-refractivity contribution < 1.29 is 19.1 Å². The number of carbonyl (C=O) groups is 3. The first-order valence-corrected chi connectivity index (χ1v) is 11.9. The molecule has 0 aliphatic carbocycles. The van der Waals surface area contributed by atoms with Crippen molar-refractivity contribution in [2.24, 2.45) is 17.8 Å². The van der Waals surface area contributed by atoms with Crippen molar-refractivity contribution in [1.29, 1.82) is 0 Å². The lowest BCUT2D eigenvalue weighted by Crippen LogP contribution is -2.56. The van der Waals surface area contributed by atoms with Gasteiger partial charge in [0.05, 0.1) is 18.7 Å². The zero-order chi connectivity index (χ0) is 23.7. The number of nitrogens with one attached hydrogen (secondary N) is 1. The van der Waals surface area contributed by atoms with E-state index in [-0.39, 0.29) is 47.9 Å². The maximum atomic E-state index is 13.2. The molecule has 0 bridgehead atoms. The van der Waals surface area contributed by atoms with Crippen LogP contribution in [0.15, 0.2) is 11.6 Å². The fourth-order valence-corrected chi connectivity index (χ4v) is 4.20. The molecule has 6 heteroatoms. The van der Waals surface area contributed by atoms with Gasteiger partial charge in [-0.2, -0.15) is 0 Å². The summed E-state index contributed by atoms with van der Waals surface area (Å²) in [5.74, 6) is -0.277. The molecule has 0 aromatic carbocycles. The minimum atomic E-state index is -0.527. The summed E-state index contributed by atoms with van der Waals surface area (Å²) in [5.41, 5.74) is 0.522. The van der Waals surface area contributed by atoms with Gasteiger partial charge in [-0.25, -0.2) is 4.79 Å². The molecule has 1 rings (SSSR count). The smallest absolute Gasteiger partial charge is 0.333 e. The fraction of sp³-hybridized carbons (Fsp3) is 0.800. The third kappa shape index (κ3) is 8.40. The molecule has 1 aliphatic heterocycles. The van der Waals surface area contributed by atoms with Gasteiger partial charge >= 0.3 is 5.97 Å². The van der Waals surface area contributed by atoms with Gasteiger partial charge in [0.25, 0.3) is 0 Å². The van der Waals surface area contributed by atoms with Gasteiger partial charge < -0.3 is 10.1 Å². The molecule has 1 N–H and O–H groups in total. The molecule has 6 nitrogen and oxygen atoms in total. The number of piperidine rings is 1. The predicted molar refractivity (Wildman–Crippen MR) is 125 cm³/mol. The third-order valence-electron chi connectivity index (χ3n) is 6.18. The number of carbonyl (C=O) groups excluding carboxylic acids is 3. The summed E-state index contributed by atoms with van der Waals surface area (Å²) in [4.78, 5) is 40.6. The van der Waals surface area contributed by atoms with Crippen molar-refractivity contribution >= 4 is 17.7 Å². The molecule has 0 unspecified atom stereocenters. The molecule has 0 aromatic rings. The van der Waals surface area contributed by atoms with Gasteiger partial charge in [0.2, 0.25) is 5.91 Å². The number of ketones is 1. The first-order valence-electron chi connectivity index (χ1n) is 11.9. The van der Waals surface area contributed by atoms with Crippen molar-refractivity contribution in [2.75, 3.05) is 13.2 Å². The minimum absolute atomic E-state index is 0.00418. The van der Waals surface area contributed by atoms with E-state index < -0.39 is 6.04 Å². The highest BCUT2D eigenvalue weighted by Gasteiger charge is 2.34. The molecule has 0 aromatic heterocycles. The molecule has 1 heterocycles. The van der Waals surface area contributed by atoms with Crippen molar-refractivity contribution in [3.05, 3.63) is 11.6 Å². The number of rotatable bonds is 11. The van der Waals surface area contributed by atoms with Crippen molar-refractivity contribution in [2.45, 2.75) is 99.2 Å². The van der Waals surface area contributed by atoms with Crippen LogP contribution in [0.1, 0.15) is 81.1 Å². The second-order valence-electron chi connectivity index (χ2n) is 9.72. The summed E-state index contributed by atoms with van der Waals surface area (Å²) >= 11 is 0. The summed E-state index contributed by atoms with van der Waals surface area (Å²) in [6.07, 6.45) is 5.11. The SMILES string of the molecule is CCOC(=O)/C(C)=C/[C@@H](CC(=O)[C@@H](NC(=O)[C@H]1CCCCN1C(C)C)C(C)C)C(C)C. The Morgan fingerprint density at radius 1 is 1.06 bits per heavy atom. The number of nitrogens with zero attached hydrogens (tertiary/aromatic N) is 1. The highest BCUT2D eigenvalue weighted by atomic mass is 16.5. The van der Waals surface area contributed by atoms with Crippen LogP contribution < -0.4 is 5.32 Å². The molecule has 1 fully saturated rings. The molecule has 178 valence electrons. The predicted octanol–water partition coefficient (Wildman–Crippen LogP) is 4.13. The van der Waals surface area contributed by atoms with Gasteiger partial charge in [-0.1, -0.05) is 40.2 Å². The van der Waals surface area contributed by atoms with Crippen molar-refractivity contribution in [3.63, 3.8) is 0 Å². The molecule has 1 saturated heterocycles. The van der Waals surface area contributed by atoms with Crippen LogP contribution >= 0.6 is 0 Å². The van der Waals surface area contributed by atoms with Gasteiger partial charge in [0.15, 0.2) is 5.78 Å². The first kappa shape index (κ1) is 27.3. The standard InChI is InChI=1S/C25H44N2O4/c1-9-31-25(30)19(8)14-20(16(2)3)15-22(28)23(17(4)5)26-24(29)21-12-10-11-13-27(21)18(6)7/h14,16-18,20-21,23H,9-13,15H2,1-8H3,(H,26,29)/b19-14+/t20-,21+,23-/m0/s1. The van der Waals surface area contributed by atoms with Crippen LogP contribution in [-0.4, -0.2) is 53.8 Å². The van der Waals surface area contributed by atoms with Gasteiger partial charge in [-0.3, -0.25) is 14.5 Å². The van der Waals surface area contributed by atoms with Crippen LogP contribution in [0.3, 0.4) is 0 Å². The topological polar surface area (TPSA) is 75.7 Å². The Labute approximate surface area is 189 Å². The third-order valence-corrected chi connectivity index (χ3v) is 6.18. The number of hydrogen-bond acceptors (Lipinski definition) is 5. The van der Waals surface area contributed by atoms with Crippen LogP contribution in [-0.2, 0) is 19.1 Å². The van der Waals surface area contributed by atoms with E-state index >= 15 is 0 Å². The van der Waals surface area contributed by atoms with Crippen LogP contribution in [0.2, 0.25) is 0 Å². The largest absolute Gasteiger partial charge is 0.463 e. The van der Waals surface area contributed by atoms with E-state index in [1.165, 1.54) is 0 Å². The van der Waals surface area contributed by atoms with E-state index in [0.717, 1.165) is 25.8 Å². The van der Waals surface area contributed by atoms with E-state index in [1.54, 1.807) is 13.8 Å². The monoisotopic (exact) mass is 436 g/mol. The summed E-state index contributed by atoms with van der Waals surface area (Å²) < 4.78 is 5.07. The van der Waals surface area contributed by atoms with Crippen LogP contribution in [0.5, 0.6) is 0 Å². The average molecular weight is 437 g/mol. The Morgan fingerprint density at radius 2 is 1.71 bits per heavy atom. The number of likely N-dealkylation sites (tertiary alicyclic amines) is 1. The molecular weight excluding hydrogens is 392 g/mol. The Morgan fingerprint density at radius 3 is 2.23 bits per heavy atom. The van der Waals surface area contributed by atoms with Gasteiger partial charge in [-0.05, 0) is 64.8 Å². The lowest BCUT2D eigenvalue weighted by atomic mass is 9.85. The van der Waals surface area contributed by atoms with Crippen molar-refractivity contribution in [1.82, 2.24) is 10.2 Å². The number of allylic oxidation sites excluding steroid dienone is 1. The lowest BCUT2D eigenvalue weighted by Gasteiger charge is -2.38. The normalized spacial score (nSPS) is 20.1. The molecule has 3 atom stereocenters. The van der Waals surface area contributed by atoms with Crippen LogP contribution in [0, 0.1) is 17.8 Å². The second kappa shape index (κ2) is 13.0. The maximum absolute atomic E-state index is 13.2. The molecule has 1 amide bonds. The molecule has 0 saturated carbocycles. The van der Waals surface area contributed by atoms with E-state index in [0.29, 0.717) is 18.2 Å². The zero-order valence-corrected chi connectivity index (χ0v) is 20.9. The number of esters is 1. The summed E-state index contributed by atoms with van der Waals surface area (Å²) in [5, 5.41) is 3.07. The zero-order valence-electron chi connectivity index (χ0n) is 20.9. The Balaban J connectivity index is 2.93. The Bertz CT molecular complexity index is 639. The van der Waals surface area contributed by atoms with Gasteiger partial charge in [0, 0.05) is 18.0 Å². The van der Waals surface area contributed by atoms with E-state index in [2.05, 4.69) is 24.1 Å². The molecule has 31 heavy (non-hydrogen) atoms. The summed E-state index contributed by atoms with van der Waals surface area (Å²) in [7, 11) is 0. The van der Waals surface area contributed by atoms with E-state index in [4.69, 9.17) is 4.74 Å². The lowest BCUT2D eigenvalue weighted by molar-refractivity contribution is -0.138. The van der Waals surface area contributed by atoms with Gasteiger partial charge in [-0.15, -0.1) is 0 Å². The highest BCUT2D eigenvalue weighted by molar-refractivity contribution is 5.92. The second-order valence-corrected chi connectivity index (χ2v) is 9.72. The molecule has 1 aliphatic rings. The van der Waals surface area contributed by atoms with Crippen molar-refractivity contribution in [3.8, 4) is 0 Å². The molecular formula is C25H44N2O4. The minimum Gasteiger partial charge on any atom is -0.463 e. The number of hydrogen-bond donors (Lipinski definition) is 1. The van der Waals surface area contributed by atoms with E-state index in [1.807, 2.05) is 33.8 Å². The number of Topliss-reactive ketones (excluding diaryl/α,β-unsaturated/α-hetero) is 1. The van der Waals surface area contributed by atoms with Crippen LogP contribution in [0.25, 0.3) is 0 Å². The Hall–Kier alpha value is -1.69. The Kier molecular flexibility index (Phi) is 11.5. The molecule has 0 spiro atoms. The maximum Gasteiger partial charge on any atom is 0.333 e. The first-order chi connectivity index (χ1) is 14.5. The quantitative estimate of drug-likeness (QED) is 0.389.